The molecule has 0 heterocycles. The zero-order valence-electron chi connectivity index (χ0n) is 10.3. The molecule has 0 unspecified atom stereocenters. The topological polar surface area (TPSA) is 35.5 Å². The minimum atomic E-state index is -1.16. The van der Waals surface area contributed by atoms with Gasteiger partial charge in [-0.2, -0.15) is 0 Å². The third-order valence-electron chi connectivity index (χ3n) is 2.50. The van der Waals surface area contributed by atoms with Crippen molar-refractivity contribution in [1.29, 1.82) is 0 Å². The van der Waals surface area contributed by atoms with Crippen molar-refractivity contribution in [2.24, 2.45) is 0 Å². The van der Waals surface area contributed by atoms with E-state index in [1.807, 2.05) is 0 Å². The van der Waals surface area contributed by atoms with Crippen LogP contribution in [0.25, 0.3) is 0 Å². The number of methoxy groups -OCH3 is 1. The number of ether oxygens (including phenoxy) is 2. The van der Waals surface area contributed by atoms with Crippen LogP contribution in [0.3, 0.4) is 0 Å². The fourth-order valence-corrected chi connectivity index (χ4v) is 1.49. The Morgan fingerprint density at radius 1 is 0.900 bits per heavy atom. The van der Waals surface area contributed by atoms with E-state index in [1.54, 1.807) is 0 Å². The second-order valence-electron chi connectivity index (χ2n) is 3.81. The van der Waals surface area contributed by atoms with Crippen molar-refractivity contribution >= 4 is 5.97 Å². The maximum atomic E-state index is 13.6. The Morgan fingerprint density at radius 3 is 2.15 bits per heavy atom. The fraction of sp³-hybridized carbons (Fsp3) is 0.0714. The summed E-state index contributed by atoms with van der Waals surface area (Å²) < 4.78 is 48.8. The Hall–Kier alpha value is -2.50. The summed E-state index contributed by atoms with van der Waals surface area (Å²) in [4.78, 5) is 11.7. The summed E-state index contributed by atoms with van der Waals surface area (Å²) >= 11 is 0. The van der Waals surface area contributed by atoms with Crippen LogP contribution in [0, 0.1) is 17.5 Å². The van der Waals surface area contributed by atoms with Crippen molar-refractivity contribution in [2.75, 3.05) is 7.11 Å². The molecule has 3 nitrogen and oxygen atoms in total. The lowest BCUT2D eigenvalue weighted by Crippen LogP contribution is -2.11. The van der Waals surface area contributed by atoms with Gasteiger partial charge in [0, 0.05) is 12.1 Å². The van der Waals surface area contributed by atoms with Crippen molar-refractivity contribution in [2.45, 2.75) is 0 Å². The number of hydrogen-bond acceptors (Lipinski definition) is 3. The fourth-order valence-electron chi connectivity index (χ4n) is 1.49. The zero-order valence-corrected chi connectivity index (χ0v) is 10.3. The minimum absolute atomic E-state index is 0.218. The molecule has 0 aliphatic carbocycles. The summed E-state index contributed by atoms with van der Waals surface area (Å²) in [5, 5.41) is 0. The molecule has 6 heteroatoms. The second kappa shape index (κ2) is 5.64. The van der Waals surface area contributed by atoms with E-state index in [1.165, 1.54) is 19.2 Å². The molecule has 0 atom stereocenters. The molecule has 0 N–H and O–H groups in total. The van der Waals surface area contributed by atoms with E-state index in [9.17, 15) is 18.0 Å². The van der Waals surface area contributed by atoms with Crippen molar-refractivity contribution in [3.8, 4) is 11.5 Å². The van der Waals surface area contributed by atoms with E-state index in [0.29, 0.717) is 6.07 Å². The van der Waals surface area contributed by atoms with Gasteiger partial charge in [0.05, 0.1) is 12.7 Å². The van der Waals surface area contributed by atoms with Crippen molar-refractivity contribution in [3.63, 3.8) is 0 Å². The summed E-state index contributed by atoms with van der Waals surface area (Å²) in [6.07, 6.45) is 0. The average Bonchev–Trinajstić information content (AvgIpc) is 2.42. The largest absolute Gasteiger partial charge is 0.497 e. The van der Waals surface area contributed by atoms with E-state index in [4.69, 9.17) is 9.47 Å². The van der Waals surface area contributed by atoms with Crippen LogP contribution in [0.1, 0.15) is 10.4 Å². The standard InChI is InChI=1S/C14H9F3O3/c1-19-8-2-4-10(12(16)6-8)14(18)20-9-3-5-11(15)13(17)7-9/h2-7H,1H3. The Morgan fingerprint density at radius 2 is 1.55 bits per heavy atom. The molecule has 0 radical (unpaired) electrons. The predicted molar refractivity (Wildman–Crippen MR) is 64.3 cm³/mol. The van der Waals surface area contributed by atoms with Crippen LogP contribution < -0.4 is 9.47 Å². The highest BCUT2D eigenvalue weighted by Crippen LogP contribution is 2.20. The lowest BCUT2D eigenvalue weighted by Gasteiger charge is -2.06. The molecule has 2 aromatic rings. The molecule has 104 valence electrons. The average molecular weight is 282 g/mol. The number of benzene rings is 2. The maximum Gasteiger partial charge on any atom is 0.346 e. The lowest BCUT2D eigenvalue weighted by molar-refractivity contribution is 0.0729. The van der Waals surface area contributed by atoms with E-state index in [0.717, 1.165) is 18.2 Å². The SMILES string of the molecule is COc1ccc(C(=O)Oc2ccc(F)c(F)c2)c(F)c1. The molecule has 0 fully saturated rings. The number of esters is 1. The van der Waals surface area contributed by atoms with Gasteiger partial charge >= 0.3 is 5.97 Å². The quantitative estimate of drug-likeness (QED) is 0.640. The normalized spacial score (nSPS) is 10.2. The van der Waals surface area contributed by atoms with Crippen molar-refractivity contribution in [3.05, 3.63) is 59.4 Å². The van der Waals surface area contributed by atoms with E-state index >= 15 is 0 Å². The summed E-state index contributed by atoms with van der Waals surface area (Å²) in [7, 11) is 1.36. The molecule has 2 aromatic carbocycles. The number of hydrogen-bond donors (Lipinski definition) is 0. The Kier molecular flexibility index (Phi) is 3.93. The van der Waals surface area contributed by atoms with E-state index < -0.39 is 23.4 Å². The van der Waals surface area contributed by atoms with Crippen LogP contribution in [0.15, 0.2) is 36.4 Å². The van der Waals surface area contributed by atoms with Crippen LogP contribution >= 0.6 is 0 Å². The van der Waals surface area contributed by atoms with Crippen LogP contribution in [0.2, 0.25) is 0 Å². The maximum absolute atomic E-state index is 13.6. The van der Waals surface area contributed by atoms with Gasteiger partial charge in [0.25, 0.3) is 0 Å². The summed E-state index contributed by atoms with van der Waals surface area (Å²) in [5.74, 6) is -4.06. The Labute approximate surface area is 112 Å². The van der Waals surface area contributed by atoms with Crippen LogP contribution in [0.4, 0.5) is 13.2 Å². The first-order chi connectivity index (χ1) is 9.51. The molecule has 0 aromatic heterocycles. The van der Waals surface area contributed by atoms with Gasteiger partial charge in [-0.15, -0.1) is 0 Å². The predicted octanol–water partition coefficient (Wildman–Crippen LogP) is 3.33. The lowest BCUT2D eigenvalue weighted by atomic mass is 10.2. The molecule has 20 heavy (non-hydrogen) atoms. The van der Waals surface area contributed by atoms with Gasteiger partial charge in [0.1, 0.15) is 17.3 Å². The monoisotopic (exact) mass is 282 g/mol. The summed E-state index contributed by atoms with van der Waals surface area (Å²) in [5.41, 5.74) is -0.337. The second-order valence-corrected chi connectivity index (χ2v) is 3.81. The first-order valence-corrected chi connectivity index (χ1v) is 5.52. The van der Waals surface area contributed by atoms with Gasteiger partial charge < -0.3 is 9.47 Å². The van der Waals surface area contributed by atoms with Gasteiger partial charge in [0.15, 0.2) is 11.6 Å². The highest BCUT2D eigenvalue weighted by molar-refractivity contribution is 5.91. The third-order valence-corrected chi connectivity index (χ3v) is 2.50. The minimum Gasteiger partial charge on any atom is -0.497 e. The smallest absolute Gasteiger partial charge is 0.346 e. The Balaban J connectivity index is 2.21. The molecule has 2 rings (SSSR count). The number of carbonyl (C=O) groups is 1. The molecule has 0 spiro atoms. The van der Waals surface area contributed by atoms with Crippen molar-refractivity contribution in [1.82, 2.24) is 0 Å². The number of carbonyl (C=O) groups excluding carboxylic acids is 1. The van der Waals surface area contributed by atoms with Crippen LogP contribution in [-0.4, -0.2) is 13.1 Å². The molecule has 0 bridgehead atoms. The summed E-state index contributed by atoms with van der Waals surface area (Å²) in [6.45, 7) is 0. The molecule has 0 saturated carbocycles. The zero-order chi connectivity index (χ0) is 14.7. The van der Waals surface area contributed by atoms with Crippen molar-refractivity contribution < 1.29 is 27.4 Å². The summed E-state index contributed by atoms with van der Waals surface area (Å²) in [6, 6.07) is 6.15. The van der Waals surface area contributed by atoms with Gasteiger partial charge in [-0.3, -0.25) is 0 Å². The van der Waals surface area contributed by atoms with Gasteiger partial charge in [-0.1, -0.05) is 0 Å². The highest BCUT2D eigenvalue weighted by Gasteiger charge is 2.15. The molecule has 0 saturated heterocycles. The van der Waals surface area contributed by atoms with Crippen LogP contribution in [-0.2, 0) is 0 Å². The number of halogens is 3. The molecular formula is C14H9F3O3. The number of rotatable bonds is 3. The first kappa shape index (κ1) is 13.9. The van der Waals surface area contributed by atoms with Gasteiger partial charge in [-0.05, 0) is 24.3 Å². The first-order valence-electron chi connectivity index (χ1n) is 5.52. The molecule has 0 amide bonds. The molecule has 0 aliphatic heterocycles. The third kappa shape index (κ3) is 2.90. The Bertz CT molecular complexity index is 656. The van der Waals surface area contributed by atoms with E-state index in [2.05, 4.69) is 0 Å². The molecular weight excluding hydrogens is 273 g/mol. The highest BCUT2D eigenvalue weighted by atomic mass is 19.2. The van der Waals surface area contributed by atoms with Gasteiger partial charge in [0.2, 0.25) is 0 Å². The van der Waals surface area contributed by atoms with Crippen LogP contribution in [0.5, 0.6) is 11.5 Å². The van der Waals surface area contributed by atoms with Gasteiger partial charge in [-0.25, -0.2) is 18.0 Å². The van der Waals surface area contributed by atoms with E-state index in [-0.39, 0.29) is 17.1 Å². The molecule has 0 aliphatic rings.